The van der Waals surface area contributed by atoms with Crippen molar-refractivity contribution in [3.05, 3.63) is 35.7 Å². The molecule has 2 aromatic rings. The van der Waals surface area contributed by atoms with E-state index in [9.17, 15) is 0 Å². The van der Waals surface area contributed by atoms with E-state index < -0.39 is 0 Å². The zero-order valence-electron chi connectivity index (χ0n) is 10.5. The van der Waals surface area contributed by atoms with E-state index in [4.69, 9.17) is 4.98 Å². The quantitative estimate of drug-likeness (QED) is 0.826. The molecule has 0 unspecified atom stereocenters. The summed E-state index contributed by atoms with van der Waals surface area (Å²) in [6.45, 7) is 4.37. The standard InChI is InChI=1S/C14H17N3S/c1-16-7-9-17(10-8-16)14-6-2-4-12(15-14)13-5-3-11-18-13/h2-6,11H,7-10H2,1H3. The second-order valence-electron chi connectivity index (χ2n) is 4.65. The van der Waals surface area contributed by atoms with Crippen LogP contribution in [0, 0.1) is 0 Å². The fourth-order valence-corrected chi connectivity index (χ4v) is 2.89. The number of anilines is 1. The summed E-state index contributed by atoms with van der Waals surface area (Å²) in [6.07, 6.45) is 0. The number of hydrogen-bond donors (Lipinski definition) is 0. The summed E-state index contributed by atoms with van der Waals surface area (Å²) in [5.74, 6) is 1.11. The molecule has 1 aliphatic heterocycles. The Morgan fingerprint density at radius 2 is 1.89 bits per heavy atom. The second-order valence-corrected chi connectivity index (χ2v) is 5.60. The van der Waals surface area contributed by atoms with Crippen molar-refractivity contribution in [2.24, 2.45) is 0 Å². The summed E-state index contributed by atoms with van der Waals surface area (Å²) in [5, 5.41) is 2.10. The molecule has 18 heavy (non-hydrogen) atoms. The SMILES string of the molecule is CN1CCN(c2cccc(-c3cccs3)n2)CC1. The molecule has 0 atom stereocenters. The first-order chi connectivity index (χ1) is 8.83. The molecule has 3 heterocycles. The van der Waals surface area contributed by atoms with E-state index in [-0.39, 0.29) is 0 Å². The van der Waals surface area contributed by atoms with Gasteiger partial charge in [0.2, 0.25) is 0 Å². The maximum Gasteiger partial charge on any atom is 0.129 e. The van der Waals surface area contributed by atoms with Crippen LogP contribution in [0.2, 0.25) is 0 Å². The van der Waals surface area contributed by atoms with E-state index in [0.29, 0.717) is 0 Å². The molecule has 3 nitrogen and oxygen atoms in total. The number of nitrogens with zero attached hydrogens (tertiary/aromatic N) is 3. The average molecular weight is 259 g/mol. The first-order valence-electron chi connectivity index (χ1n) is 6.27. The molecule has 0 spiro atoms. The molecular weight excluding hydrogens is 242 g/mol. The van der Waals surface area contributed by atoms with Gasteiger partial charge in [0.15, 0.2) is 0 Å². The Balaban J connectivity index is 1.83. The Morgan fingerprint density at radius 1 is 1.06 bits per heavy atom. The van der Waals surface area contributed by atoms with E-state index in [1.165, 1.54) is 4.88 Å². The number of pyridine rings is 1. The molecule has 3 rings (SSSR count). The number of rotatable bonds is 2. The summed E-state index contributed by atoms with van der Waals surface area (Å²) in [7, 11) is 2.17. The Bertz CT molecular complexity index is 502. The molecule has 2 aromatic heterocycles. The molecule has 0 aromatic carbocycles. The molecule has 1 fully saturated rings. The van der Waals surface area contributed by atoms with Crippen LogP contribution in [0.4, 0.5) is 5.82 Å². The summed E-state index contributed by atoms with van der Waals surface area (Å²) < 4.78 is 0. The van der Waals surface area contributed by atoms with Crippen LogP contribution in [-0.4, -0.2) is 43.1 Å². The monoisotopic (exact) mass is 259 g/mol. The van der Waals surface area contributed by atoms with Crippen molar-refractivity contribution in [2.75, 3.05) is 38.1 Å². The smallest absolute Gasteiger partial charge is 0.129 e. The molecule has 0 saturated carbocycles. The van der Waals surface area contributed by atoms with E-state index in [2.05, 4.69) is 52.6 Å². The lowest BCUT2D eigenvalue weighted by Gasteiger charge is -2.33. The van der Waals surface area contributed by atoms with Gasteiger partial charge in [-0.3, -0.25) is 0 Å². The number of piperazine rings is 1. The molecular formula is C14H17N3S. The lowest BCUT2D eigenvalue weighted by molar-refractivity contribution is 0.312. The van der Waals surface area contributed by atoms with Gasteiger partial charge in [-0.1, -0.05) is 12.1 Å². The van der Waals surface area contributed by atoms with Crippen LogP contribution >= 0.6 is 11.3 Å². The van der Waals surface area contributed by atoms with Crippen LogP contribution in [0.5, 0.6) is 0 Å². The Morgan fingerprint density at radius 3 is 2.61 bits per heavy atom. The lowest BCUT2D eigenvalue weighted by Crippen LogP contribution is -2.44. The molecule has 0 bridgehead atoms. The Kier molecular flexibility index (Phi) is 3.30. The minimum Gasteiger partial charge on any atom is -0.354 e. The highest BCUT2D eigenvalue weighted by Gasteiger charge is 2.15. The molecule has 4 heteroatoms. The Labute approximate surface area is 112 Å². The second kappa shape index (κ2) is 5.08. The summed E-state index contributed by atoms with van der Waals surface area (Å²) in [6, 6.07) is 10.5. The average Bonchev–Trinajstić information content (AvgIpc) is 2.94. The first kappa shape index (κ1) is 11.7. The molecule has 0 amide bonds. The van der Waals surface area contributed by atoms with Gasteiger partial charge in [-0.15, -0.1) is 11.3 Å². The number of hydrogen-bond acceptors (Lipinski definition) is 4. The summed E-state index contributed by atoms with van der Waals surface area (Å²) in [4.78, 5) is 10.8. The van der Waals surface area contributed by atoms with Crippen LogP contribution < -0.4 is 4.90 Å². The highest BCUT2D eigenvalue weighted by Crippen LogP contribution is 2.25. The predicted molar refractivity (Wildman–Crippen MR) is 77.3 cm³/mol. The maximum atomic E-state index is 4.78. The fraction of sp³-hybridized carbons (Fsp3) is 0.357. The van der Waals surface area contributed by atoms with Crippen LogP contribution in [0.3, 0.4) is 0 Å². The van der Waals surface area contributed by atoms with Crippen molar-refractivity contribution in [3.63, 3.8) is 0 Å². The normalized spacial score (nSPS) is 17.1. The molecule has 1 saturated heterocycles. The topological polar surface area (TPSA) is 19.4 Å². The van der Waals surface area contributed by atoms with Gasteiger partial charge >= 0.3 is 0 Å². The zero-order chi connectivity index (χ0) is 12.4. The van der Waals surface area contributed by atoms with Crippen LogP contribution in [0.1, 0.15) is 0 Å². The van der Waals surface area contributed by atoms with Gasteiger partial charge in [-0.2, -0.15) is 0 Å². The van der Waals surface area contributed by atoms with Gasteiger partial charge in [0.25, 0.3) is 0 Å². The number of aromatic nitrogens is 1. The van der Waals surface area contributed by atoms with Crippen molar-refractivity contribution in [3.8, 4) is 10.6 Å². The maximum absolute atomic E-state index is 4.78. The lowest BCUT2D eigenvalue weighted by atomic mass is 10.2. The molecule has 94 valence electrons. The van der Waals surface area contributed by atoms with Crippen LogP contribution in [-0.2, 0) is 0 Å². The number of likely N-dealkylation sites (N-methyl/N-ethyl adjacent to an activating group) is 1. The van der Waals surface area contributed by atoms with Crippen molar-refractivity contribution >= 4 is 17.2 Å². The van der Waals surface area contributed by atoms with Crippen molar-refractivity contribution in [1.82, 2.24) is 9.88 Å². The summed E-state index contributed by atoms with van der Waals surface area (Å²) in [5.41, 5.74) is 1.08. The minimum atomic E-state index is 1.07. The van der Waals surface area contributed by atoms with Gasteiger partial charge in [-0.25, -0.2) is 4.98 Å². The van der Waals surface area contributed by atoms with E-state index in [0.717, 1.165) is 37.7 Å². The highest BCUT2D eigenvalue weighted by molar-refractivity contribution is 7.13. The first-order valence-corrected chi connectivity index (χ1v) is 7.15. The van der Waals surface area contributed by atoms with Gasteiger partial charge in [0.1, 0.15) is 5.82 Å². The fourth-order valence-electron chi connectivity index (χ4n) is 2.20. The third kappa shape index (κ3) is 2.40. The molecule has 0 N–H and O–H groups in total. The van der Waals surface area contributed by atoms with Crippen molar-refractivity contribution in [2.45, 2.75) is 0 Å². The Hall–Kier alpha value is -1.39. The van der Waals surface area contributed by atoms with E-state index >= 15 is 0 Å². The molecule has 0 radical (unpaired) electrons. The highest BCUT2D eigenvalue weighted by atomic mass is 32.1. The number of thiophene rings is 1. The van der Waals surface area contributed by atoms with Gasteiger partial charge in [0.05, 0.1) is 10.6 Å². The van der Waals surface area contributed by atoms with Crippen LogP contribution in [0.15, 0.2) is 35.7 Å². The van der Waals surface area contributed by atoms with Crippen LogP contribution in [0.25, 0.3) is 10.6 Å². The third-order valence-corrected chi connectivity index (χ3v) is 4.23. The summed E-state index contributed by atoms with van der Waals surface area (Å²) >= 11 is 1.74. The van der Waals surface area contributed by atoms with E-state index in [1.807, 2.05) is 0 Å². The minimum absolute atomic E-state index is 1.07. The molecule has 1 aliphatic rings. The van der Waals surface area contributed by atoms with Gasteiger partial charge in [0, 0.05) is 26.2 Å². The zero-order valence-corrected chi connectivity index (χ0v) is 11.4. The van der Waals surface area contributed by atoms with Crippen molar-refractivity contribution in [1.29, 1.82) is 0 Å². The predicted octanol–water partition coefficient (Wildman–Crippen LogP) is 2.56. The van der Waals surface area contributed by atoms with Gasteiger partial charge < -0.3 is 9.80 Å². The van der Waals surface area contributed by atoms with Crippen molar-refractivity contribution < 1.29 is 0 Å². The van der Waals surface area contributed by atoms with Gasteiger partial charge in [-0.05, 0) is 30.6 Å². The largest absolute Gasteiger partial charge is 0.354 e. The molecule has 0 aliphatic carbocycles. The third-order valence-electron chi connectivity index (χ3n) is 3.34. The van der Waals surface area contributed by atoms with E-state index in [1.54, 1.807) is 11.3 Å².